The fraction of sp³-hybridized carbons (Fsp3) is 0.500. The van der Waals surface area contributed by atoms with E-state index in [2.05, 4.69) is 6.92 Å². The van der Waals surface area contributed by atoms with Gasteiger partial charge in [0.25, 0.3) is 0 Å². The Morgan fingerprint density at radius 3 is 2.26 bits per heavy atom. The summed E-state index contributed by atoms with van der Waals surface area (Å²) in [6.45, 7) is 3.33. The summed E-state index contributed by atoms with van der Waals surface area (Å²) in [5.41, 5.74) is -0.457. The van der Waals surface area contributed by atoms with E-state index in [1.54, 1.807) is 4.90 Å². The van der Waals surface area contributed by atoms with E-state index >= 15 is 0 Å². The van der Waals surface area contributed by atoms with Crippen molar-refractivity contribution in [1.82, 2.24) is 0 Å². The van der Waals surface area contributed by atoms with E-state index in [-0.39, 0.29) is 11.3 Å². The van der Waals surface area contributed by atoms with Gasteiger partial charge in [-0.3, -0.25) is 0 Å². The van der Waals surface area contributed by atoms with Crippen molar-refractivity contribution in [2.45, 2.75) is 26.2 Å². The highest BCUT2D eigenvalue weighted by Crippen LogP contribution is 2.30. The summed E-state index contributed by atoms with van der Waals surface area (Å²) in [4.78, 5) is 12.4. The zero-order valence-corrected chi connectivity index (χ0v) is 10.8. The number of rotatable bonds is 3. The molecule has 0 spiro atoms. The van der Waals surface area contributed by atoms with Crippen LogP contribution in [0, 0.1) is 17.6 Å². The van der Waals surface area contributed by atoms with Crippen LogP contribution in [0.15, 0.2) is 12.1 Å². The van der Waals surface area contributed by atoms with Gasteiger partial charge in [0, 0.05) is 13.1 Å². The van der Waals surface area contributed by atoms with Crippen molar-refractivity contribution in [3.05, 3.63) is 29.3 Å². The Hall–Kier alpha value is -1.65. The molecule has 0 amide bonds. The molecule has 0 radical (unpaired) electrons. The molecule has 1 aliphatic rings. The largest absolute Gasteiger partial charge is 0.478 e. The molecule has 19 heavy (non-hydrogen) atoms. The maximum absolute atomic E-state index is 13.9. The molecule has 1 heterocycles. The molecule has 0 atom stereocenters. The molecule has 0 aromatic heterocycles. The monoisotopic (exact) mass is 269 g/mol. The zero-order chi connectivity index (χ0) is 14.0. The van der Waals surface area contributed by atoms with Gasteiger partial charge in [-0.1, -0.05) is 13.3 Å². The van der Waals surface area contributed by atoms with Crippen LogP contribution in [0.3, 0.4) is 0 Å². The van der Waals surface area contributed by atoms with Crippen LogP contribution in [0.2, 0.25) is 0 Å². The molecule has 0 bridgehead atoms. The lowest BCUT2D eigenvalue weighted by Crippen LogP contribution is -2.34. The molecule has 1 N–H and O–H groups in total. The molecule has 1 fully saturated rings. The average molecular weight is 269 g/mol. The molecule has 0 aliphatic carbocycles. The molecular formula is C14H17F2NO2. The smallest absolute Gasteiger partial charge is 0.335 e. The van der Waals surface area contributed by atoms with Gasteiger partial charge in [0.15, 0.2) is 0 Å². The number of halogens is 2. The van der Waals surface area contributed by atoms with Crippen molar-refractivity contribution in [3.63, 3.8) is 0 Å². The lowest BCUT2D eigenvalue weighted by molar-refractivity contribution is 0.0695. The van der Waals surface area contributed by atoms with Gasteiger partial charge < -0.3 is 10.0 Å². The summed E-state index contributed by atoms with van der Waals surface area (Å²) in [6, 6.07) is 1.76. The van der Waals surface area contributed by atoms with Crippen molar-refractivity contribution in [2.75, 3.05) is 18.0 Å². The van der Waals surface area contributed by atoms with E-state index in [9.17, 15) is 13.6 Å². The molecule has 0 unspecified atom stereocenters. The van der Waals surface area contributed by atoms with Crippen LogP contribution in [0.5, 0.6) is 0 Å². The molecule has 3 nitrogen and oxygen atoms in total. The number of nitrogens with zero attached hydrogens (tertiary/aromatic N) is 1. The van der Waals surface area contributed by atoms with Crippen LogP contribution in [-0.2, 0) is 0 Å². The number of carbonyl (C=O) groups is 1. The first-order valence-electron chi connectivity index (χ1n) is 6.50. The lowest BCUT2D eigenvalue weighted by atomic mass is 9.94. The Kier molecular flexibility index (Phi) is 4.02. The molecule has 2 rings (SSSR count). The van der Waals surface area contributed by atoms with Crippen LogP contribution in [0.25, 0.3) is 0 Å². The maximum Gasteiger partial charge on any atom is 0.335 e. The summed E-state index contributed by atoms with van der Waals surface area (Å²) in [6.07, 6.45) is 2.91. The molecular weight excluding hydrogens is 252 g/mol. The first kappa shape index (κ1) is 13.8. The van der Waals surface area contributed by atoms with E-state index in [1.165, 1.54) is 0 Å². The first-order chi connectivity index (χ1) is 9.02. The summed E-state index contributed by atoms with van der Waals surface area (Å²) in [5, 5.41) is 8.75. The Morgan fingerprint density at radius 1 is 1.32 bits per heavy atom. The fourth-order valence-corrected chi connectivity index (χ4v) is 2.56. The predicted molar refractivity (Wildman–Crippen MR) is 68.5 cm³/mol. The second-order valence-electron chi connectivity index (χ2n) is 4.93. The number of anilines is 1. The average Bonchev–Trinajstić information content (AvgIpc) is 2.38. The Morgan fingerprint density at radius 2 is 1.84 bits per heavy atom. The van der Waals surface area contributed by atoms with E-state index in [4.69, 9.17) is 5.11 Å². The molecule has 1 saturated heterocycles. The minimum Gasteiger partial charge on any atom is -0.478 e. The molecule has 1 aromatic carbocycles. The maximum atomic E-state index is 13.9. The number of piperidine rings is 1. The number of hydrogen-bond acceptors (Lipinski definition) is 2. The van der Waals surface area contributed by atoms with E-state index in [0.717, 1.165) is 31.4 Å². The lowest BCUT2D eigenvalue weighted by Gasteiger charge is -2.33. The van der Waals surface area contributed by atoms with Crippen LogP contribution < -0.4 is 4.90 Å². The summed E-state index contributed by atoms with van der Waals surface area (Å²) in [7, 11) is 0. The van der Waals surface area contributed by atoms with Crippen LogP contribution in [-0.4, -0.2) is 24.2 Å². The third-order valence-electron chi connectivity index (χ3n) is 3.77. The van der Waals surface area contributed by atoms with Crippen molar-refractivity contribution < 1.29 is 18.7 Å². The van der Waals surface area contributed by atoms with Gasteiger partial charge in [0.05, 0.1) is 5.56 Å². The van der Waals surface area contributed by atoms with Crippen molar-refractivity contribution in [1.29, 1.82) is 0 Å². The summed E-state index contributed by atoms with van der Waals surface area (Å²) >= 11 is 0. The van der Waals surface area contributed by atoms with Gasteiger partial charge in [0.2, 0.25) is 0 Å². The topological polar surface area (TPSA) is 40.5 Å². The molecule has 1 aromatic rings. The number of benzene rings is 1. The number of aromatic carboxylic acids is 1. The molecule has 1 aliphatic heterocycles. The van der Waals surface area contributed by atoms with Gasteiger partial charge in [-0.2, -0.15) is 0 Å². The van der Waals surface area contributed by atoms with Gasteiger partial charge in [-0.25, -0.2) is 13.6 Å². The van der Waals surface area contributed by atoms with Gasteiger partial charge in [-0.15, -0.1) is 0 Å². The minimum atomic E-state index is -1.32. The second-order valence-corrected chi connectivity index (χ2v) is 4.93. The highest BCUT2D eigenvalue weighted by atomic mass is 19.1. The minimum absolute atomic E-state index is 0.0976. The molecule has 5 heteroatoms. The van der Waals surface area contributed by atoms with E-state index < -0.39 is 17.6 Å². The highest BCUT2D eigenvalue weighted by Gasteiger charge is 2.24. The zero-order valence-electron chi connectivity index (χ0n) is 10.8. The third kappa shape index (κ3) is 2.85. The number of carboxylic acids is 1. The Bertz CT molecular complexity index is 459. The van der Waals surface area contributed by atoms with Gasteiger partial charge in [-0.05, 0) is 30.9 Å². The Balaban J connectivity index is 2.24. The SMILES string of the molecule is CCC1CCN(c2c(F)cc(C(=O)O)cc2F)CC1. The van der Waals surface area contributed by atoms with Crippen molar-refractivity contribution in [2.24, 2.45) is 5.92 Å². The molecule has 104 valence electrons. The standard InChI is InChI=1S/C14H17F2NO2/c1-2-9-3-5-17(6-4-9)13-11(15)7-10(14(18)19)8-12(13)16/h7-9H,2-6H2,1H3,(H,18,19). The number of hydrogen-bond donors (Lipinski definition) is 1. The quantitative estimate of drug-likeness (QED) is 0.915. The van der Waals surface area contributed by atoms with Crippen molar-refractivity contribution >= 4 is 11.7 Å². The first-order valence-corrected chi connectivity index (χ1v) is 6.50. The summed E-state index contributed by atoms with van der Waals surface area (Å²) in [5.74, 6) is -2.31. The Labute approximate surface area is 110 Å². The molecule has 0 saturated carbocycles. The second kappa shape index (κ2) is 5.55. The predicted octanol–water partition coefficient (Wildman–Crippen LogP) is 3.29. The third-order valence-corrected chi connectivity index (χ3v) is 3.77. The van der Waals surface area contributed by atoms with Crippen LogP contribution in [0.4, 0.5) is 14.5 Å². The normalized spacial score (nSPS) is 16.7. The van der Waals surface area contributed by atoms with E-state index in [0.29, 0.717) is 19.0 Å². The summed E-state index contributed by atoms with van der Waals surface area (Å²) < 4.78 is 27.8. The van der Waals surface area contributed by atoms with Gasteiger partial charge in [0.1, 0.15) is 17.3 Å². The number of carboxylic acid groups (broad SMARTS) is 1. The van der Waals surface area contributed by atoms with Crippen LogP contribution in [0.1, 0.15) is 36.5 Å². The van der Waals surface area contributed by atoms with E-state index in [1.807, 2.05) is 0 Å². The van der Waals surface area contributed by atoms with Crippen molar-refractivity contribution in [3.8, 4) is 0 Å². The van der Waals surface area contributed by atoms with Gasteiger partial charge >= 0.3 is 5.97 Å². The van der Waals surface area contributed by atoms with Crippen LogP contribution >= 0.6 is 0 Å². The highest BCUT2D eigenvalue weighted by molar-refractivity contribution is 5.88. The fourth-order valence-electron chi connectivity index (χ4n) is 2.56.